The minimum atomic E-state index is -0.196. The predicted octanol–water partition coefficient (Wildman–Crippen LogP) is 2.32. The fraction of sp³-hybridized carbons (Fsp3) is 0.267. The monoisotopic (exact) mass is 268 g/mol. The highest BCUT2D eigenvalue weighted by Crippen LogP contribution is 2.14. The Hall–Kier alpha value is -2.61. The molecule has 0 aliphatic rings. The SMILES string of the molecule is Cc1nn(CC(=O)Nc2ccccc2C#N)c(C)c1C. The summed E-state index contributed by atoms with van der Waals surface area (Å²) in [7, 11) is 0. The van der Waals surface area contributed by atoms with Crippen molar-refractivity contribution in [1.82, 2.24) is 9.78 Å². The van der Waals surface area contributed by atoms with Gasteiger partial charge in [-0.15, -0.1) is 0 Å². The largest absolute Gasteiger partial charge is 0.323 e. The molecule has 20 heavy (non-hydrogen) atoms. The fourth-order valence-electron chi connectivity index (χ4n) is 1.96. The smallest absolute Gasteiger partial charge is 0.246 e. The predicted molar refractivity (Wildman–Crippen MR) is 76.2 cm³/mol. The number of carbonyl (C=O) groups excluding carboxylic acids is 1. The maximum atomic E-state index is 12.0. The molecule has 1 N–H and O–H groups in total. The molecule has 102 valence electrons. The number of benzene rings is 1. The number of nitrogens with zero attached hydrogens (tertiary/aromatic N) is 3. The summed E-state index contributed by atoms with van der Waals surface area (Å²) in [6.45, 7) is 5.98. The number of para-hydroxylation sites is 1. The second-order valence-electron chi connectivity index (χ2n) is 4.66. The van der Waals surface area contributed by atoms with E-state index >= 15 is 0 Å². The highest BCUT2D eigenvalue weighted by atomic mass is 16.2. The number of aromatic nitrogens is 2. The first-order valence-electron chi connectivity index (χ1n) is 6.32. The molecule has 0 aliphatic heterocycles. The molecule has 2 rings (SSSR count). The molecule has 1 amide bonds. The molecule has 0 saturated carbocycles. The third kappa shape index (κ3) is 2.69. The van der Waals surface area contributed by atoms with Crippen LogP contribution in [0.3, 0.4) is 0 Å². The molecule has 0 fully saturated rings. The van der Waals surface area contributed by atoms with Crippen molar-refractivity contribution < 1.29 is 4.79 Å². The molecule has 1 heterocycles. The summed E-state index contributed by atoms with van der Waals surface area (Å²) in [6.07, 6.45) is 0. The van der Waals surface area contributed by atoms with Crippen molar-refractivity contribution in [1.29, 1.82) is 5.26 Å². The van der Waals surface area contributed by atoms with Crippen LogP contribution in [0.5, 0.6) is 0 Å². The van der Waals surface area contributed by atoms with Crippen molar-refractivity contribution in [3.05, 3.63) is 46.8 Å². The molecule has 5 heteroatoms. The topological polar surface area (TPSA) is 70.7 Å². The maximum absolute atomic E-state index is 12.0. The average Bonchev–Trinajstić information content (AvgIpc) is 2.67. The van der Waals surface area contributed by atoms with Crippen LogP contribution in [0.25, 0.3) is 0 Å². The molecular weight excluding hydrogens is 252 g/mol. The van der Waals surface area contributed by atoms with Gasteiger partial charge in [-0.3, -0.25) is 9.48 Å². The van der Waals surface area contributed by atoms with Gasteiger partial charge in [-0.25, -0.2) is 0 Å². The van der Waals surface area contributed by atoms with E-state index < -0.39 is 0 Å². The molecule has 0 saturated heterocycles. The summed E-state index contributed by atoms with van der Waals surface area (Å²) in [5, 5.41) is 16.1. The van der Waals surface area contributed by atoms with Crippen LogP contribution >= 0.6 is 0 Å². The lowest BCUT2D eigenvalue weighted by Crippen LogP contribution is -2.20. The quantitative estimate of drug-likeness (QED) is 0.928. The van der Waals surface area contributed by atoms with E-state index in [1.54, 1.807) is 28.9 Å². The molecule has 2 aromatic rings. The number of hydrogen-bond donors (Lipinski definition) is 1. The highest BCUT2D eigenvalue weighted by Gasteiger charge is 2.12. The van der Waals surface area contributed by atoms with Crippen LogP contribution in [0.15, 0.2) is 24.3 Å². The van der Waals surface area contributed by atoms with E-state index in [9.17, 15) is 4.79 Å². The molecule has 1 aromatic heterocycles. The number of anilines is 1. The Morgan fingerprint density at radius 3 is 2.65 bits per heavy atom. The molecule has 0 spiro atoms. The summed E-state index contributed by atoms with van der Waals surface area (Å²) < 4.78 is 1.68. The second-order valence-corrected chi connectivity index (χ2v) is 4.66. The Bertz CT molecular complexity index is 694. The molecule has 0 atom stereocenters. The zero-order valence-electron chi connectivity index (χ0n) is 11.8. The van der Waals surface area contributed by atoms with E-state index in [1.165, 1.54) is 0 Å². The average molecular weight is 268 g/mol. The van der Waals surface area contributed by atoms with Gasteiger partial charge in [0.25, 0.3) is 0 Å². The first kappa shape index (κ1) is 13.8. The highest BCUT2D eigenvalue weighted by molar-refractivity contribution is 5.91. The molecule has 0 radical (unpaired) electrons. The van der Waals surface area contributed by atoms with E-state index in [1.807, 2.05) is 20.8 Å². The van der Waals surface area contributed by atoms with Gasteiger partial charge in [-0.05, 0) is 38.5 Å². The minimum Gasteiger partial charge on any atom is -0.323 e. The van der Waals surface area contributed by atoms with E-state index in [4.69, 9.17) is 5.26 Å². The number of amides is 1. The normalized spacial score (nSPS) is 10.1. The van der Waals surface area contributed by atoms with Gasteiger partial charge in [0.05, 0.1) is 16.9 Å². The number of rotatable bonds is 3. The van der Waals surface area contributed by atoms with Crippen molar-refractivity contribution in [2.24, 2.45) is 0 Å². The van der Waals surface area contributed by atoms with Gasteiger partial charge < -0.3 is 5.32 Å². The van der Waals surface area contributed by atoms with Crippen molar-refractivity contribution in [2.75, 3.05) is 5.32 Å². The zero-order chi connectivity index (χ0) is 14.7. The molecule has 1 aromatic carbocycles. The molecular formula is C15H16N4O. The summed E-state index contributed by atoms with van der Waals surface area (Å²) in [5.74, 6) is -0.196. The summed E-state index contributed by atoms with van der Waals surface area (Å²) in [4.78, 5) is 12.0. The van der Waals surface area contributed by atoms with Gasteiger partial charge in [0.2, 0.25) is 5.91 Å². The first-order chi connectivity index (χ1) is 9.52. The van der Waals surface area contributed by atoms with Crippen molar-refractivity contribution in [3.8, 4) is 6.07 Å². The fourth-order valence-corrected chi connectivity index (χ4v) is 1.96. The molecule has 5 nitrogen and oxygen atoms in total. The van der Waals surface area contributed by atoms with Gasteiger partial charge >= 0.3 is 0 Å². The summed E-state index contributed by atoms with van der Waals surface area (Å²) in [5.41, 5.74) is 3.97. The van der Waals surface area contributed by atoms with Gasteiger partial charge in [-0.2, -0.15) is 10.4 Å². The van der Waals surface area contributed by atoms with Crippen LogP contribution in [0.4, 0.5) is 5.69 Å². The Labute approximate surface area is 117 Å². The lowest BCUT2D eigenvalue weighted by molar-refractivity contribution is -0.116. The third-order valence-electron chi connectivity index (χ3n) is 3.36. The van der Waals surface area contributed by atoms with E-state index in [0.29, 0.717) is 11.3 Å². The van der Waals surface area contributed by atoms with Crippen molar-refractivity contribution in [2.45, 2.75) is 27.3 Å². The number of nitriles is 1. The standard InChI is InChI=1S/C15H16N4O/c1-10-11(2)18-19(12(10)3)9-15(20)17-14-7-5-4-6-13(14)8-16/h4-7H,9H2,1-3H3,(H,17,20). The van der Waals surface area contributed by atoms with E-state index in [2.05, 4.69) is 16.5 Å². The van der Waals surface area contributed by atoms with Gasteiger partial charge in [0.1, 0.15) is 12.6 Å². The van der Waals surface area contributed by atoms with Crippen LogP contribution < -0.4 is 5.32 Å². The molecule has 0 unspecified atom stereocenters. The second kappa shape index (κ2) is 5.57. The van der Waals surface area contributed by atoms with Gasteiger partial charge in [0.15, 0.2) is 0 Å². The number of nitrogens with one attached hydrogen (secondary N) is 1. The Balaban J connectivity index is 2.14. The van der Waals surface area contributed by atoms with E-state index in [0.717, 1.165) is 17.0 Å². The third-order valence-corrected chi connectivity index (χ3v) is 3.36. The summed E-state index contributed by atoms with van der Waals surface area (Å²) >= 11 is 0. The lowest BCUT2D eigenvalue weighted by Gasteiger charge is -2.08. The van der Waals surface area contributed by atoms with Crippen LogP contribution in [0, 0.1) is 32.1 Å². The Kier molecular flexibility index (Phi) is 3.85. The lowest BCUT2D eigenvalue weighted by atomic mass is 10.2. The Morgan fingerprint density at radius 2 is 2.05 bits per heavy atom. The zero-order valence-corrected chi connectivity index (χ0v) is 11.8. The van der Waals surface area contributed by atoms with Crippen LogP contribution in [-0.4, -0.2) is 15.7 Å². The van der Waals surface area contributed by atoms with Crippen molar-refractivity contribution >= 4 is 11.6 Å². The van der Waals surface area contributed by atoms with Crippen LogP contribution in [0.2, 0.25) is 0 Å². The van der Waals surface area contributed by atoms with Gasteiger partial charge in [0, 0.05) is 5.69 Å². The maximum Gasteiger partial charge on any atom is 0.246 e. The van der Waals surface area contributed by atoms with Gasteiger partial charge in [-0.1, -0.05) is 12.1 Å². The van der Waals surface area contributed by atoms with Crippen molar-refractivity contribution in [3.63, 3.8) is 0 Å². The number of carbonyl (C=O) groups is 1. The van der Waals surface area contributed by atoms with E-state index in [-0.39, 0.29) is 12.5 Å². The Morgan fingerprint density at radius 1 is 1.35 bits per heavy atom. The minimum absolute atomic E-state index is 0.139. The number of aryl methyl sites for hydroxylation is 1. The molecule has 0 bridgehead atoms. The molecule has 0 aliphatic carbocycles. The first-order valence-corrected chi connectivity index (χ1v) is 6.32. The summed E-state index contributed by atoms with van der Waals surface area (Å²) in [6, 6.07) is 8.98. The number of hydrogen-bond acceptors (Lipinski definition) is 3. The van der Waals surface area contributed by atoms with Crippen LogP contribution in [0.1, 0.15) is 22.5 Å². The van der Waals surface area contributed by atoms with Crippen LogP contribution in [-0.2, 0) is 11.3 Å².